The number of halogens is 2. The second-order valence-electron chi connectivity index (χ2n) is 8.45. The summed E-state index contributed by atoms with van der Waals surface area (Å²) < 4.78 is 29.5. The molecule has 0 atom stereocenters. The third-order valence-corrected chi connectivity index (χ3v) is 5.83. The Kier molecular flexibility index (Phi) is 4.47. The number of rotatable bonds is 2. The summed E-state index contributed by atoms with van der Waals surface area (Å²) in [6.45, 7) is 5.01. The van der Waals surface area contributed by atoms with Crippen LogP contribution in [0.5, 0.6) is 0 Å². The molecule has 0 bridgehead atoms. The van der Waals surface area contributed by atoms with Gasteiger partial charge >= 0.3 is 0 Å². The van der Waals surface area contributed by atoms with E-state index < -0.39 is 0 Å². The molecular formula is C24H23F2N5. The van der Waals surface area contributed by atoms with Gasteiger partial charge in [0.05, 0.1) is 11.3 Å². The van der Waals surface area contributed by atoms with Crippen molar-refractivity contribution in [3.8, 4) is 11.8 Å². The van der Waals surface area contributed by atoms with E-state index in [4.69, 9.17) is 0 Å². The van der Waals surface area contributed by atoms with Crippen LogP contribution in [-0.2, 0) is 0 Å². The Hall–Kier alpha value is -3.40. The van der Waals surface area contributed by atoms with E-state index in [0.717, 1.165) is 12.8 Å². The van der Waals surface area contributed by atoms with Gasteiger partial charge in [-0.25, -0.2) is 8.78 Å². The second kappa shape index (κ2) is 7.09. The van der Waals surface area contributed by atoms with Gasteiger partial charge in [-0.15, -0.1) is 5.10 Å². The zero-order valence-electron chi connectivity index (χ0n) is 17.8. The molecule has 0 radical (unpaired) electrons. The summed E-state index contributed by atoms with van der Waals surface area (Å²) in [5.41, 5.74) is 2.32. The monoisotopic (exact) mass is 419 g/mol. The number of hydrazone groups is 1. The average molecular weight is 419 g/mol. The van der Waals surface area contributed by atoms with Crippen LogP contribution < -0.4 is 9.80 Å². The first kappa shape index (κ1) is 19.6. The van der Waals surface area contributed by atoms with Gasteiger partial charge in [0, 0.05) is 30.3 Å². The maximum atomic E-state index is 15.0. The largest absolute Gasteiger partial charge is 0.326 e. The highest BCUT2D eigenvalue weighted by atomic mass is 19.1. The summed E-state index contributed by atoms with van der Waals surface area (Å²) in [7, 11) is 1.84. The number of nitrogens with zero attached hydrogens (tertiary/aromatic N) is 5. The molecule has 1 aliphatic carbocycles. The van der Waals surface area contributed by atoms with Crippen LogP contribution in [0.25, 0.3) is 0 Å². The maximum absolute atomic E-state index is 15.0. The standard InChI is InChI=1S/C24H23F2N5/c1-4-30(18-13-16(12-17(25)14-18)8-9-24(2)10-11-24)22-21-19(26)6-5-7-20(21)31-15-29(3)28-23(31)27-22/h5-7,12-14H,4,10-11,15H2,1-3H3. The molecule has 0 spiro atoms. The van der Waals surface area contributed by atoms with Gasteiger partial charge in [-0.1, -0.05) is 17.9 Å². The van der Waals surface area contributed by atoms with Crippen LogP contribution in [0, 0.1) is 28.9 Å². The molecule has 0 amide bonds. The number of benzene rings is 2. The number of hydrogen-bond acceptors (Lipinski definition) is 5. The molecule has 2 aromatic carbocycles. The molecule has 2 aromatic rings. The lowest BCUT2D eigenvalue weighted by Gasteiger charge is -2.32. The first-order valence-corrected chi connectivity index (χ1v) is 10.4. The number of amidine groups is 1. The van der Waals surface area contributed by atoms with Crippen molar-refractivity contribution in [2.24, 2.45) is 15.5 Å². The van der Waals surface area contributed by atoms with Crippen molar-refractivity contribution >= 4 is 23.2 Å². The van der Waals surface area contributed by atoms with Gasteiger partial charge in [0.25, 0.3) is 5.96 Å². The fourth-order valence-electron chi connectivity index (χ4n) is 3.87. The fourth-order valence-corrected chi connectivity index (χ4v) is 3.87. The molecule has 158 valence electrons. The predicted octanol–water partition coefficient (Wildman–Crippen LogP) is 4.38. The van der Waals surface area contributed by atoms with E-state index in [1.54, 1.807) is 11.1 Å². The minimum absolute atomic E-state index is 0.0442. The zero-order valence-corrected chi connectivity index (χ0v) is 17.8. The lowest BCUT2D eigenvalue weighted by molar-refractivity contribution is 0.393. The van der Waals surface area contributed by atoms with Crippen molar-refractivity contribution in [3.63, 3.8) is 0 Å². The molecule has 2 heterocycles. The highest BCUT2D eigenvalue weighted by molar-refractivity contribution is 6.23. The molecule has 2 aliphatic heterocycles. The molecule has 5 nitrogen and oxygen atoms in total. The summed E-state index contributed by atoms with van der Waals surface area (Å²) in [4.78, 5) is 8.36. The number of aliphatic imine (C=N–C) groups is 1. The van der Waals surface area contributed by atoms with Crippen molar-refractivity contribution in [3.05, 3.63) is 59.2 Å². The Bertz CT molecular complexity index is 1190. The van der Waals surface area contributed by atoms with Crippen molar-refractivity contribution in [1.82, 2.24) is 5.01 Å². The van der Waals surface area contributed by atoms with E-state index in [9.17, 15) is 4.39 Å². The Morgan fingerprint density at radius 1 is 1.19 bits per heavy atom. The average Bonchev–Trinajstić information content (AvgIpc) is 3.34. The van der Waals surface area contributed by atoms with Gasteiger partial charge in [0.2, 0.25) is 0 Å². The Morgan fingerprint density at radius 2 is 2.00 bits per heavy atom. The topological polar surface area (TPSA) is 34.4 Å². The van der Waals surface area contributed by atoms with Crippen molar-refractivity contribution < 1.29 is 8.78 Å². The molecular weight excluding hydrogens is 396 g/mol. The molecule has 3 aliphatic rings. The number of fused-ring (bicyclic) bond motifs is 3. The molecule has 5 rings (SSSR count). The third-order valence-electron chi connectivity index (χ3n) is 5.83. The highest BCUT2D eigenvalue weighted by Crippen LogP contribution is 2.44. The van der Waals surface area contributed by atoms with Crippen LogP contribution in [-0.4, -0.2) is 37.1 Å². The Morgan fingerprint density at radius 3 is 2.74 bits per heavy atom. The molecule has 31 heavy (non-hydrogen) atoms. The minimum atomic E-state index is -0.383. The van der Waals surface area contributed by atoms with Gasteiger partial charge in [0.15, 0.2) is 0 Å². The van der Waals surface area contributed by atoms with Gasteiger partial charge in [-0.2, -0.15) is 4.99 Å². The van der Waals surface area contributed by atoms with E-state index in [1.165, 1.54) is 18.2 Å². The summed E-state index contributed by atoms with van der Waals surface area (Å²) in [6, 6.07) is 9.66. The smallest absolute Gasteiger partial charge is 0.250 e. The fraction of sp³-hybridized carbons (Fsp3) is 0.333. The van der Waals surface area contributed by atoms with Gasteiger partial charge in [-0.05, 0) is 57.0 Å². The van der Waals surface area contributed by atoms with E-state index in [-0.39, 0.29) is 17.0 Å². The SMILES string of the molecule is CCN(C1=NC2=NN(C)CN2c2cccc(F)c21)c1cc(F)cc(C#CC2(C)CC2)c1. The van der Waals surface area contributed by atoms with Gasteiger partial charge in [-0.3, -0.25) is 9.91 Å². The van der Waals surface area contributed by atoms with Crippen LogP contribution in [0.3, 0.4) is 0 Å². The minimum Gasteiger partial charge on any atom is -0.326 e. The normalized spacial score (nSPS) is 17.8. The number of anilines is 2. The molecule has 0 aromatic heterocycles. The third kappa shape index (κ3) is 3.52. The first-order chi connectivity index (χ1) is 14.9. The van der Waals surface area contributed by atoms with E-state index in [0.29, 0.717) is 47.5 Å². The molecule has 0 unspecified atom stereocenters. The van der Waals surface area contributed by atoms with Crippen molar-refractivity contribution in [2.45, 2.75) is 26.7 Å². The Labute approximate surface area is 180 Å². The summed E-state index contributed by atoms with van der Waals surface area (Å²) in [5, 5.41) is 6.19. The number of guanidine groups is 1. The quantitative estimate of drug-likeness (QED) is 0.678. The van der Waals surface area contributed by atoms with E-state index in [1.807, 2.05) is 35.9 Å². The lowest BCUT2D eigenvalue weighted by Crippen LogP contribution is -2.41. The molecule has 0 saturated heterocycles. The van der Waals surface area contributed by atoms with Crippen molar-refractivity contribution in [2.75, 3.05) is 30.1 Å². The maximum Gasteiger partial charge on any atom is 0.250 e. The van der Waals surface area contributed by atoms with Crippen LogP contribution in [0.4, 0.5) is 20.2 Å². The van der Waals surface area contributed by atoms with Gasteiger partial charge < -0.3 is 4.90 Å². The van der Waals surface area contributed by atoms with Crippen LogP contribution >= 0.6 is 0 Å². The summed E-state index contributed by atoms with van der Waals surface area (Å²) >= 11 is 0. The van der Waals surface area contributed by atoms with Crippen LogP contribution in [0.15, 0.2) is 46.5 Å². The van der Waals surface area contributed by atoms with Gasteiger partial charge in [0.1, 0.15) is 24.1 Å². The van der Waals surface area contributed by atoms with Crippen molar-refractivity contribution in [1.29, 1.82) is 0 Å². The molecule has 7 heteroatoms. The summed E-state index contributed by atoms with van der Waals surface area (Å²) in [6.07, 6.45) is 2.15. The molecule has 1 saturated carbocycles. The molecule has 0 N–H and O–H groups in total. The predicted molar refractivity (Wildman–Crippen MR) is 119 cm³/mol. The van der Waals surface area contributed by atoms with Crippen LogP contribution in [0.1, 0.15) is 37.8 Å². The Balaban J connectivity index is 1.61. The lowest BCUT2D eigenvalue weighted by atomic mass is 10.1. The van der Waals surface area contributed by atoms with E-state index >= 15 is 4.39 Å². The highest BCUT2D eigenvalue weighted by Gasteiger charge is 2.36. The van der Waals surface area contributed by atoms with E-state index in [2.05, 4.69) is 28.9 Å². The zero-order chi connectivity index (χ0) is 21.8. The first-order valence-electron chi connectivity index (χ1n) is 10.4. The summed E-state index contributed by atoms with van der Waals surface area (Å²) in [5.74, 6) is 6.51. The number of hydrogen-bond donors (Lipinski definition) is 0. The molecule has 1 fully saturated rings. The van der Waals surface area contributed by atoms with Crippen LogP contribution in [0.2, 0.25) is 0 Å². The second-order valence-corrected chi connectivity index (χ2v) is 8.45.